The fraction of sp³-hybridized carbons (Fsp3) is 0.0435. The van der Waals surface area contributed by atoms with Crippen LogP contribution in [0.5, 0.6) is 23.0 Å². The number of hydrogen-bond donors (Lipinski definition) is 9. The molecule has 0 atom stereocenters. The van der Waals surface area contributed by atoms with Crippen molar-refractivity contribution < 1.29 is 59.3 Å². The Morgan fingerprint density at radius 1 is 0.387 bits per heavy atom. The summed E-state index contributed by atoms with van der Waals surface area (Å²) < 4.78 is 105. The van der Waals surface area contributed by atoms with E-state index in [1.165, 1.54) is 54.6 Å². The maximum Gasteiger partial charge on any atom is 0.296 e. The first-order chi connectivity index (χ1) is 33.8. The van der Waals surface area contributed by atoms with Gasteiger partial charge in [-0.15, -0.1) is 25.6 Å². The van der Waals surface area contributed by atoms with Crippen molar-refractivity contribution in [3.05, 3.63) is 126 Å². The molecule has 0 aromatic heterocycles. The number of benzene rings is 8. The van der Waals surface area contributed by atoms with Crippen LogP contribution < -0.4 is 11.5 Å². The summed E-state index contributed by atoms with van der Waals surface area (Å²) >= 11 is 0. The van der Waals surface area contributed by atoms with Crippen LogP contribution in [0.25, 0.3) is 32.7 Å². The number of aromatic hydroxyl groups is 4. The number of fused-ring (bicyclic) bond motifs is 2. The first-order valence-electron chi connectivity index (χ1n) is 20.5. The fourth-order valence-corrected chi connectivity index (χ4v) is 9.15. The predicted octanol–water partition coefficient (Wildman–Crippen LogP) is 10.5. The van der Waals surface area contributed by atoms with Crippen LogP contribution in [0.3, 0.4) is 0 Å². The number of aryl methyl sites for hydroxylation is 2. The molecule has 0 bridgehead atoms. The SMILES string of the molecule is Cc1cc(-c2ccc(N=Nc3c(S(=O)(=O)O)cc4cc(S(=O)(=O)O)c(N=Nc5ccc(N)cc5O)cc4c3O)c(C)c2)ccc1N=Nc1c(S(=O)(=O)O)cc2ccc(N=Nc3ccc(N)cc3O)cc2c1O.[Na].[Na].[Na]. The predicted molar refractivity (Wildman–Crippen MR) is 281 cm³/mol. The van der Waals surface area contributed by atoms with Crippen LogP contribution in [-0.4, -0.2) is 148 Å². The molecule has 11 N–H and O–H groups in total. The van der Waals surface area contributed by atoms with E-state index in [0.717, 1.165) is 30.3 Å². The number of hydrogen-bond acceptors (Lipinski definition) is 20. The number of nitrogens with two attached hydrogens (primary N) is 2. The second-order valence-corrected chi connectivity index (χ2v) is 20.0. The van der Waals surface area contributed by atoms with Gasteiger partial charge in [0.25, 0.3) is 30.4 Å². The Hall–Kier alpha value is -5.79. The summed E-state index contributed by atoms with van der Waals surface area (Å²) in [6.07, 6.45) is 0. The third-order valence-corrected chi connectivity index (χ3v) is 13.4. The van der Waals surface area contributed by atoms with Crippen molar-refractivity contribution in [3.63, 3.8) is 0 Å². The van der Waals surface area contributed by atoms with Crippen LogP contribution in [0.4, 0.5) is 56.9 Å². The van der Waals surface area contributed by atoms with Crippen molar-refractivity contribution in [1.82, 2.24) is 0 Å². The van der Waals surface area contributed by atoms with E-state index >= 15 is 0 Å². The molecule has 369 valence electrons. The number of nitrogens with zero attached hydrogens (tertiary/aromatic N) is 8. The standard InChI is InChI=1S/C46H36N10O13S3.3Na/c1-22-13-24(4-9-33(22)50-55-43-41(71(64,65)66)15-26-3-8-30(20-31(26)45(43)59)49-52-35-11-6-28(47)18-38(35)57)25-5-10-34(23(2)14-25)51-56-44-42(72(67,68)69)17-27-16-40(70(61,62)63)37(21-32(27)46(44)60)54-53-36-12-7-29(48)19-39(36)58;;;/h3-21,57-60H,47-48H2,1-2H3,(H,61,62,63)(H,64,65,66)(H,67,68,69);;;. The Kier molecular flexibility index (Phi) is 18.9. The second kappa shape index (κ2) is 23.6. The molecule has 29 heteroatoms. The zero-order chi connectivity index (χ0) is 52.0. The molecule has 0 fully saturated rings. The van der Waals surface area contributed by atoms with Crippen molar-refractivity contribution in [1.29, 1.82) is 0 Å². The van der Waals surface area contributed by atoms with Gasteiger partial charge in [0.1, 0.15) is 54.6 Å². The number of anilines is 2. The normalized spacial score (nSPS) is 12.2. The molecule has 0 saturated carbocycles. The Bertz CT molecular complexity index is 4090. The van der Waals surface area contributed by atoms with E-state index in [1.54, 1.807) is 44.2 Å². The molecule has 75 heavy (non-hydrogen) atoms. The van der Waals surface area contributed by atoms with Gasteiger partial charge < -0.3 is 31.9 Å². The van der Waals surface area contributed by atoms with Gasteiger partial charge in [-0.1, -0.05) is 18.2 Å². The Morgan fingerprint density at radius 3 is 1.21 bits per heavy atom. The van der Waals surface area contributed by atoms with Gasteiger partial charge in [-0.05, 0) is 132 Å². The Labute approximate surface area is 493 Å². The quantitative estimate of drug-likeness (QED) is 0.0238. The molecule has 0 aliphatic heterocycles. The van der Waals surface area contributed by atoms with Crippen LogP contribution in [0.2, 0.25) is 0 Å². The smallest absolute Gasteiger partial charge is 0.296 e. The number of nitrogen functional groups attached to an aromatic ring is 2. The number of phenols is 4. The average molecular weight is 1100 g/mol. The van der Waals surface area contributed by atoms with Gasteiger partial charge in [-0.3, -0.25) is 13.7 Å². The second-order valence-electron chi connectivity index (χ2n) is 15.8. The molecule has 0 saturated heterocycles. The van der Waals surface area contributed by atoms with Crippen molar-refractivity contribution in [2.75, 3.05) is 11.5 Å². The van der Waals surface area contributed by atoms with Crippen molar-refractivity contribution in [2.45, 2.75) is 28.5 Å². The summed E-state index contributed by atoms with van der Waals surface area (Å²) in [5.74, 6) is -2.15. The minimum Gasteiger partial charge on any atom is -0.506 e. The first-order valence-corrected chi connectivity index (χ1v) is 24.8. The number of phenolic OH excluding ortho intramolecular Hbond substituents is 4. The van der Waals surface area contributed by atoms with Crippen LogP contribution in [0, 0.1) is 13.8 Å². The summed E-state index contributed by atoms with van der Waals surface area (Å²) in [4.78, 5) is -2.54. The molecule has 0 spiro atoms. The van der Waals surface area contributed by atoms with Gasteiger partial charge >= 0.3 is 0 Å². The van der Waals surface area contributed by atoms with E-state index in [4.69, 9.17) is 11.5 Å². The van der Waals surface area contributed by atoms with Gasteiger partial charge in [-0.25, -0.2) is 0 Å². The van der Waals surface area contributed by atoms with Crippen LogP contribution in [0.1, 0.15) is 11.1 Å². The zero-order valence-corrected chi connectivity index (χ0v) is 48.5. The van der Waals surface area contributed by atoms with Gasteiger partial charge in [0.15, 0.2) is 11.5 Å². The summed E-state index contributed by atoms with van der Waals surface area (Å²) in [7, 11) is -15.2. The van der Waals surface area contributed by atoms with Gasteiger partial charge in [0, 0.05) is 123 Å². The minimum atomic E-state index is -5.17. The number of rotatable bonds is 12. The fourth-order valence-electron chi connectivity index (χ4n) is 7.20. The molecule has 0 aliphatic carbocycles. The molecule has 8 rings (SSSR count). The largest absolute Gasteiger partial charge is 0.506 e. The van der Waals surface area contributed by atoms with Crippen LogP contribution >= 0.6 is 0 Å². The number of azo groups is 4. The molecule has 0 unspecified atom stereocenters. The van der Waals surface area contributed by atoms with E-state index in [-0.39, 0.29) is 150 Å². The van der Waals surface area contributed by atoms with E-state index in [9.17, 15) is 59.3 Å². The van der Waals surface area contributed by atoms with Gasteiger partial charge in [0.05, 0.1) is 17.1 Å². The Balaban J connectivity index is 0.00000347. The summed E-state index contributed by atoms with van der Waals surface area (Å²) in [6.45, 7) is 3.35. The van der Waals surface area contributed by atoms with Crippen LogP contribution in [-0.2, 0) is 30.4 Å². The van der Waals surface area contributed by atoms with Crippen molar-refractivity contribution in [2.24, 2.45) is 40.9 Å². The van der Waals surface area contributed by atoms with E-state index in [2.05, 4.69) is 40.9 Å². The third kappa shape index (κ3) is 13.4. The summed E-state index contributed by atoms with van der Waals surface area (Å²) in [5, 5.41) is 74.9. The molecule has 8 aromatic rings. The van der Waals surface area contributed by atoms with E-state index < -0.39 is 79.4 Å². The monoisotopic (exact) mass is 1100 g/mol. The molecular weight excluding hydrogens is 1070 g/mol. The molecule has 3 radical (unpaired) electrons. The maximum absolute atomic E-state index is 12.6. The molecule has 0 aliphatic rings. The zero-order valence-electron chi connectivity index (χ0n) is 40.0. The summed E-state index contributed by atoms with van der Waals surface area (Å²) in [6, 6.07) is 25.9. The molecular formula is C46H36N10Na3O13S3. The first kappa shape index (κ1) is 60.1. The molecule has 8 aromatic carbocycles. The molecule has 23 nitrogen and oxygen atoms in total. The van der Waals surface area contributed by atoms with Gasteiger partial charge in [-0.2, -0.15) is 40.6 Å². The maximum atomic E-state index is 12.6. The summed E-state index contributed by atoms with van der Waals surface area (Å²) in [5.41, 5.74) is 12.9. The molecule has 0 amide bonds. The van der Waals surface area contributed by atoms with E-state index in [0.29, 0.717) is 27.9 Å². The third-order valence-electron chi connectivity index (χ3n) is 10.8. The average Bonchev–Trinajstić information content (AvgIpc) is 3.30. The van der Waals surface area contributed by atoms with Crippen LogP contribution in [0.15, 0.2) is 171 Å². The topological polar surface area (TPSA) is 395 Å². The van der Waals surface area contributed by atoms with Crippen molar-refractivity contribution in [3.8, 4) is 34.1 Å². The minimum absolute atomic E-state index is 0. The van der Waals surface area contributed by atoms with Crippen molar-refractivity contribution >= 4 is 197 Å². The van der Waals surface area contributed by atoms with E-state index in [1.807, 2.05) is 0 Å². The van der Waals surface area contributed by atoms with Gasteiger partial charge in [0.2, 0.25) is 0 Å². The molecule has 0 heterocycles. The Morgan fingerprint density at radius 2 is 0.773 bits per heavy atom.